The lowest BCUT2D eigenvalue weighted by Gasteiger charge is -2.16. The first-order chi connectivity index (χ1) is 13.6. The molecule has 1 aliphatic heterocycles. The lowest BCUT2D eigenvalue weighted by Crippen LogP contribution is -2.28. The van der Waals surface area contributed by atoms with E-state index in [0.29, 0.717) is 43.0 Å². The number of rotatable bonds is 7. The number of nitrogens with zero attached hydrogens (tertiary/aromatic N) is 1. The third-order valence-electron chi connectivity index (χ3n) is 4.99. The van der Waals surface area contributed by atoms with E-state index in [1.54, 1.807) is 25.2 Å². The second-order valence-electron chi connectivity index (χ2n) is 6.69. The first-order valence-corrected chi connectivity index (χ1v) is 9.49. The molecule has 3 rings (SSSR count). The molecule has 0 bridgehead atoms. The molecule has 0 aliphatic carbocycles. The van der Waals surface area contributed by atoms with E-state index in [2.05, 4.69) is 5.32 Å². The molecule has 2 aromatic rings. The summed E-state index contributed by atoms with van der Waals surface area (Å²) in [4.78, 5) is 26.3. The van der Waals surface area contributed by atoms with Crippen LogP contribution in [0.5, 0.6) is 11.5 Å². The van der Waals surface area contributed by atoms with Gasteiger partial charge in [-0.05, 0) is 54.3 Å². The standard InChI is InChI=1S/C22H26N2O4/c1-4-21(25)24-12-10-16-14-17(6-7-18(16)24)22(26)23-11-9-15-5-8-19(27-2)20(13-15)28-3/h5-8,13-14H,4,9-12H2,1-3H3,(H,23,26). The van der Waals surface area contributed by atoms with Gasteiger partial charge in [0, 0.05) is 30.8 Å². The van der Waals surface area contributed by atoms with Crippen LogP contribution in [-0.4, -0.2) is 39.1 Å². The molecule has 0 spiro atoms. The molecule has 0 atom stereocenters. The number of ether oxygens (including phenoxy) is 2. The van der Waals surface area contributed by atoms with Crippen LogP contribution >= 0.6 is 0 Å². The Morgan fingerprint density at radius 2 is 1.86 bits per heavy atom. The normalized spacial score (nSPS) is 12.5. The summed E-state index contributed by atoms with van der Waals surface area (Å²) < 4.78 is 10.5. The fourth-order valence-corrected chi connectivity index (χ4v) is 3.45. The van der Waals surface area contributed by atoms with Crippen molar-refractivity contribution in [2.45, 2.75) is 26.2 Å². The Morgan fingerprint density at radius 3 is 2.57 bits per heavy atom. The van der Waals surface area contributed by atoms with Crippen molar-refractivity contribution in [2.75, 3.05) is 32.2 Å². The van der Waals surface area contributed by atoms with Crippen LogP contribution in [0.3, 0.4) is 0 Å². The maximum absolute atomic E-state index is 12.5. The highest BCUT2D eigenvalue weighted by Crippen LogP contribution is 2.29. The predicted octanol–water partition coefficient (Wildman–Crippen LogP) is 2.98. The van der Waals surface area contributed by atoms with Crippen molar-refractivity contribution in [1.82, 2.24) is 5.32 Å². The number of hydrogen-bond donors (Lipinski definition) is 1. The highest BCUT2D eigenvalue weighted by atomic mass is 16.5. The first-order valence-electron chi connectivity index (χ1n) is 9.49. The summed E-state index contributed by atoms with van der Waals surface area (Å²) in [6.45, 7) is 3.07. The Kier molecular flexibility index (Phi) is 6.19. The average Bonchev–Trinajstić information content (AvgIpc) is 3.16. The van der Waals surface area contributed by atoms with Gasteiger partial charge in [-0.25, -0.2) is 0 Å². The molecule has 6 nitrogen and oxygen atoms in total. The first kappa shape index (κ1) is 19.7. The van der Waals surface area contributed by atoms with E-state index in [-0.39, 0.29) is 11.8 Å². The number of carbonyl (C=O) groups is 2. The van der Waals surface area contributed by atoms with Gasteiger partial charge in [-0.3, -0.25) is 9.59 Å². The Morgan fingerprint density at radius 1 is 1.07 bits per heavy atom. The molecule has 2 amide bonds. The molecule has 0 saturated heterocycles. The molecule has 1 N–H and O–H groups in total. The Hall–Kier alpha value is -3.02. The molecule has 1 heterocycles. The zero-order chi connectivity index (χ0) is 20.1. The third kappa shape index (κ3) is 4.11. The van der Waals surface area contributed by atoms with Gasteiger partial charge in [0.05, 0.1) is 14.2 Å². The van der Waals surface area contributed by atoms with Crippen LogP contribution in [0.2, 0.25) is 0 Å². The highest BCUT2D eigenvalue weighted by Gasteiger charge is 2.24. The number of methoxy groups -OCH3 is 2. The smallest absolute Gasteiger partial charge is 0.251 e. The third-order valence-corrected chi connectivity index (χ3v) is 4.99. The van der Waals surface area contributed by atoms with E-state index in [1.807, 2.05) is 37.3 Å². The van der Waals surface area contributed by atoms with Crippen molar-refractivity contribution in [3.05, 3.63) is 53.1 Å². The van der Waals surface area contributed by atoms with E-state index >= 15 is 0 Å². The van der Waals surface area contributed by atoms with Gasteiger partial charge in [0.15, 0.2) is 11.5 Å². The van der Waals surface area contributed by atoms with Gasteiger partial charge >= 0.3 is 0 Å². The SMILES string of the molecule is CCC(=O)N1CCc2cc(C(=O)NCCc3ccc(OC)c(OC)c3)ccc21. The van der Waals surface area contributed by atoms with Crippen LogP contribution in [-0.2, 0) is 17.6 Å². The maximum Gasteiger partial charge on any atom is 0.251 e. The molecule has 0 saturated carbocycles. The van der Waals surface area contributed by atoms with Crippen LogP contribution in [0.1, 0.15) is 34.8 Å². The molecular weight excluding hydrogens is 356 g/mol. The van der Waals surface area contributed by atoms with Crippen LogP contribution in [0.25, 0.3) is 0 Å². The summed E-state index contributed by atoms with van der Waals surface area (Å²) in [6.07, 6.45) is 1.96. The fourth-order valence-electron chi connectivity index (χ4n) is 3.45. The number of hydrogen-bond acceptors (Lipinski definition) is 4. The van der Waals surface area contributed by atoms with Gasteiger partial charge in [0.2, 0.25) is 5.91 Å². The lowest BCUT2D eigenvalue weighted by atomic mass is 10.1. The minimum atomic E-state index is -0.108. The molecule has 0 unspecified atom stereocenters. The summed E-state index contributed by atoms with van der Waals surface area (Å²) in [5, 5.41) is 2.96. The minimum Gasteiger partial charge on any atom is -0.493 e. The van der Waals surface area contributed by atoms with Crippen molar-refractivity contribution in [3.63, 3.8) is 0 Å². The largest absolute Gasteiger partial charge is 0.493 e. The van der Waals surface area contributed by atoms with E-state index in [0.717, 1.165) is 23.2 Å². The maximum atomic E-state index is 12.5. The van der Waals surface area contributed by atoms with Gasteiger partial charge in [0.25, 0.3) is 5.91 Å². The second-order valence-corrected chi connectivity index (χ2v) is 6.69. The molecular formula is C22H26N2O4. The molecule has 1 aliphatic rings. The molecule has 0 fully saturated rings. The lowest BCUT2D eigenvalue weighted by molar-refractivity contribution is -0.118. The van der Waals surface area contributed by atoms with Gasteiger partial charge in [-0.1, -0.05) is 13.0 Å². The molecule has 148 valence electrons. The highest BCUT2D eigenvalue weighted by molar-refractivity contribution is 5.98. The second kappa shape index (κ2) is 8.78. The van der Waals surface area contributed by atoms with Gasteiger partial charge < -0.3 is 19.7 Å². The number of carbonyl (C=O) groups excluding carboxylic acids is 2. The number of nitrogens with one attached hydrogen (secondary N) is 1. The number of anilines is 1. The van der Waals surface area contributed by atoms with Crippen molar-refractivity contribution < 1.29 is 19.1 Å². The van der Waals surface area contributed by atoms with E-state index in [1.165, 1.54) is 0 Å². The molecule has 2 aromatic carbocycles. The average molecular weight is 382 g/mol. The Bertz CT molecular complexity index is 879. The Balaban J connectivity index is 1.59. The summed E-state index contributed by atoms with van der Waals surface area (Å²) in [5.41, 5.74) is 3.65. The van der Waals surface area contributed by atoms with Gasteiger partial charge in [-0.2, -0.15) is 0 Å². The number of benzene rings is 2. The van der Waals surface area contributed by atoms with Crippen molar-refractivity contribution in [1.29, 1.82) is 0 Å². The minimum absolute atomic E-state index is 0.108. The quantitative estimate of drug-likeness (QED) is 0.799. The summed E-state index contributed by atoms with van der Waals surface area (Å²) in [7, 11) is 3.21. The monoisotopic (exact) mass is 382 g/mol. The molecule has 6 heteroatoms. The zero-order valence-electron chi connectivity index (χ0n) is 16.6. The van der Waals surface area contributed by atoms with Gasteiger partial charge in [-0.15, -0.1) is 0 Å². The van der Waals surface area contributed by atoms with E-state index < -0.39 is 0 Å². The van der Waals surface area contributed by atoms with E-state index in [4.69, 9.17) is 9.47 Å². The number of amides is 2. The van der Waals surface area contributed by atoms with Crippen molar-refractivity contribution in [2.24, 2.45) is 0 Å². The molecule has 0 radical (unpaired) electrons. The Labute approximate surface area is 165 Å². The number of fused-ring (bicyclic) bond motifs is 1. The topological polar surface area (TPSA) is 67.9 Å². The summed E-state index contributed by atoms with van der Waals surface area (Å²) >= 11 is 0. The molecule has 28 heavy (non-hydrogen) atoms. The van der Waals surface area contributed by atoms with Crippen LogP contribution < -0.4 is 19.7 Å². The van der Waals surface area contributed by atoms with Crippen molar-refractivity contribution >= 4 is 17.5 Å². The zero-order valence-corrected chi connectivity index (χ0v) is 16.6. The van der Waals surface area contributed by atoms with Gasteiger partial charge in [0.1, 0.15) is 0 Å². The summed E-state index contributed by atoms with van der Waals surface area (Å²) in [6, 6.07) is 11.3. The van der Waals surface area contributed by atoms with E-state index in [9.17, 15) is 9.59 Å². The fraction of sp³-hybridized carbons (Fsp3) is 0.364. The van der Waals surface area contributed by atoms with Crippen molar-refractivity contribution in [3.8, 4) is 11.5 Å². The predicted molar refractivity (Wildman–Crippen MR) is 108 cm³/mol. The van der Waals surface area contributed by atoms with Crippen LogP contribution in [0.15, 0.2) is 36.4 Å². The summed E-state index contributed by atoms with van der Waals surface area (Å²) in [5.74, 6) is 1.37. The van der Waals surface area contributed by atoms with Crippen LogP contribution in [0.4, 0.5) is 5.69 Å². The van der Waals surface area contributed by atoms with Crippen LogP contribution in [0, 0.1) is 0 Å². The molecule has 0 aromatic heterocycles.